The highest BCUT2D eigenvalue weighted by Crippen LogP contribution is 2.38. The lowest BCUT2D eigenvalue weighted by molar-refractivity contribution is 0.113. The summed E-state index contributed by atoms with van der Waals surface area (Å²) in [5, 5.41) is 0. The Kier molecular flexibility index (Phi) is 8.85. The summed E-state index contributed by atoms with van der Waals surface area (Å²) in [4.78, 5) is 6.32. The minimum atomic E-state index is -2.99. The van der Waals surface area contributed by atoms with Crippen LogP contribution in [0.2, 0.25) is 0 Å². The maximum absolute atomic E-state index is 15.0. The van der Waals surface area contributed by atoms with Gasteiger partial charge in [0.15, 0.2) is 5.76 Å². The number of nitrogen functional groups attached to an aromatic ring is 1. The second kappa shape index (κ2) is 12.3. The highest BCUT2D eigenvalue weighted by atomic mass is 19.3. The first-order chi connectivity index (χ1) is 19.6. The molecule has 0 amide bonds. The predicted octanol–water partition coefficient (Wildman–Crippen LogP) is 5.90. The Balaban J connectivity index is 1.86. The van der Waals surface area contributed by atoms with Gasteiger partial charge >= 0.3 is 0 Å². The fourth-order valence-electron chi connectivity index (χ4n) is 4.54. The molecule has 41 heavy (non-hydrogen) atoms. The Morgan fingerprint density at radius 2 is 1.41 bits per heavy atom. The molecule has 4 rings (SSSR count). The van der Waals surface area contributed by atoms with Crippen molar-refractivity contribution in [3.63, 3.8) is 0 Å². The summed E-state index contributed by atoms with van der Waals surface area (Å²) in [6.45, 7) is 1.76. The summed E-state index contributed by atoms with van der Waals surface area (Å²) >= 11 is 0. The molecule has 11 heteroatoms. The van der Waals surface area contributed by atoms with Crippen LogP contribution in [0.25, 0.3) is 0 Å². The Morgan fingerprint density at radius 1 is 0.854 bits per heavy atom. The van der Waals surface area contributed by atoms with E-state index in [2.05, 4.69) is 4.99 Å². The molecule has 1 heterocycles. The predicted molar refractivity (Wildman–Crippen MR) is 149 cm³/mol. The van der Waals surface area contributed by atoms with Gasteiger partial charge in [0.1, 0.15) is 34.4 Å². The average Bonchev–Trinajstić information content (AvgIpc) is 2.97. The largest absolute Gasteiger partial charge is 0.497 e. The minimum absolute atomic E-state index is 0.0282. The highest BCUT2D eigenvalue weighted by Gasteiger charge is 2.37. The maximum Gasteiger partial charge on any atom is 0.295 e. The van der Waals surface area contributed by atoms with Gasteiger partial charge in [0.25, 0.3) is 12.4 Å². The quantitative estimate of drug-likeness (QED) is 0.304. The normalized spacial score (nSPS) is 16.4. The van der Waals surface area contributed by atoms with E-state index in [1.165, 1.54) is 53.6 Å². The number of aliphatic imine (C=N–C) groups is 1. The molecule has 0 bridgehead atoms. The van der Waals surface area contributed by atoms with Crippen LogP contribution in [0.1, 0.15) is 23.6 Å². The van der Waals surface area contributed by atoms with Crippen LogP contribution in [-0.4, -0.2) is 45.8 Å². The van der Waals surface area contributed by atoms with E-state index in [9.17, 15) is 8.78 Å². The first-order valence-corrected chi connectivity index (χ1v) is 12.6. The molecule has 3 aromatic carbocycles. The van der Waals surface area contributed by atoms with Crippen molar-refractivity contribution in [2.75, 3.05) is 34.2 Å². The number of hydrogen-bond donors (Lipinski definition) is 1. The molecule has 2 N–H and O–H groups in total. The number of ether oxygens (including phenoxy) is 5. The molecule has 0 fully saturated rings. The number of allylic oxidation sites excluding steroid dienone is 1. The van der Waals surface area contributed by atoms with E-state index in [0.29, 0.717) is 34.1 Å². The Labute approximate surface area is 236 Å². The van der Waals surface area contributed by atoms with Crippen LogP contribution >= 0.6 is 0 Å². The van der Waals surface area contributed by atoms with E-state index >= 15 is 4.39 Å². The molecule has 0 saturated carbocycles. The van der Waals surface area contributed by atoms with Gasteiger partial charge in [-0.15, -0.1) is 0 Å². The number of methoxy groups -OCH3 is 4. The maximum atomic E-state index is 15.0. The fourth-order valence-corrected chi connectivity index (χ4v) is 4.54. The van der Waals surface area contributed by atoms with Crippen molar-refractivity contribution in [3.05, 3.63) is 88.9 Å². The molecule has 0 radical (unpaired) electrons. The molecule has 0 aromatic heterocycles. The Bertz CT molecular complexity index is 1410. The van der Waals surface area contributed by atoms with Gasteiger partial charge in [-0.05, 0) is 55.5 Å². The zero-order chi connectivity index (χ0) is 29.7. The molecule has 0 saturated heterocycles. The van der Waals surface area contributed by atoms with Gasteiger partial charge in [-0.1, -0.05) is 0 Å². The van der Waals surface area contributed by atoms with E-state index in [-0.39, 0.29) is 30.4 Å². The molecule has 0 unspecified atom stereocenters. The number of benzene rings is 3. The lowest BCUT2D eigenvalue weighted by Crippen LogP contribution is -2.38. The van der Waals surface area contributed by atoms with Crippen molar-refractivity contribution in [2.24, 2.45) is 4.99 Å². The van der Waals surface area contributed by atoms with E-state index < -0.39 is 23.5 Å². The van der Waals surface area contributed by atoms with Crippen LogP contribution in [0, 0.1) is 5.82 Å². The standard InChI is InChI=1S/C30H32F3N3O5/c1-30(23-12-20(34)8-11-24(23)31)15-27(28(32)33)41-29(35-30)36(16-18-6-9-21(37-2)13-25(18)39-4)17-19-7-10-22(38-3)14-26(19)40-5/h6-15,28H,16-17,34H2,1-5H3/t30-/m0/s1. The lowest BCUT2D eigenvalue weighted by atomic mass is 9.90. The molecule has 218 valence electrons. The molecule has 3 aromatic rings. The minimum Gasteiger partial charge on any atom is -0.497 e. The topological polar surface area (TPSA) is 87.8 Å². The van der Waals surface area contributed by atoms with Crippen LogP contribution in [0.5, 0.6) is 23.0 Å². The summed E-state index contributed by atoms with van der Waals surface area (Å²) in [7, 11) is 6.10. The van der Waals surface area contributed by atoms with Gasteiger partial charge in [0, 0.05) is 34.5 Å². The van der Waals surface area contributed by atoms with Crippen molar-refractivity contribution in [1.82, 2.24) is 4.90 Å². The molecular formula is C30H32F3N3O5. The number of halogens is 3. The van der Waals surface area contributed by atoms with Gasteiger partial charge in [-0.3, -0.25) is 0 Å². The second-order valence-electron chi connectivity index (χ2n) is 9.44. The Morgan fingerprint density at radius 3 is 1.90 bits per heavy atom. The van der Waals surface area contributed by atoms with E-state index in [1.54, 1.807) is 41.3 Å². The first-order valence-electron chi connectivity index (χ1n) is 12.6. The van der Waals surface area contributed by atoms with Crippen molar-refractivity contribution in [3.8, 4) is 23.0 Å². The van der Waals surface area contributed by atoms with Gasteiger partial charge in [-0.25, -0.2) is 18.2 Å². The zero-order valence-corrected chi connectivity index (χ0v) is 23.4. The zero-order valence-electron chi connectivity index (χ0n) is 23.4. The van der Waals surface area contributed by atoms with Crippen LogP contribution in [-0.2, 0) is 23.4 Å². The van der Waals surface area contributed by atoms with Gasteiger partial charge in [0.2, 0.25) is 0 Å². The SMILES string of the molecule is COc1ccc(CN(Cc2ccc(OC)cc2OC)C2=N[C@](C)(c3cc(N)ccc3F)C=C(C(F)F)O2)c(OC)c1. The van der Waals surface area contributed by atoms with E-state index in [1.807, 2.05) is 0 Å². The van der Waals surface area contributed by atoms with Crippen LogP contribution in [0.3, 0.4) is 0 Å². The third-order valence-corrected chi connectivity index (χ3v) is 6.69. The number of rotatable bonds is 10. The number of alkyl halides is 2. The summed E-state index contributed by atoms with van der Waals surface area (Å²) in [5.74, 6) is 0.855. The molecule has 0 aliphatic carbocycles. The number of amidine groups is 1. The van der Waals surface area contributed by atoms with Gasteiger partial charge in [0.05, 0.1) is 41.5 Å². The molecule has 1 aliphatic heterocycles. The monoisotopic (exact) mass is 571 g/mol. The van der Waals surface area contributed by atoms with Crippen LogP contribution in [0.4, 0.5) is 18.9 Å². The molecule has 8 nitrogen and oxygen atoms in total. The number of anilines is 1. The van der Waals surface area contributed by atoms with Crippen molar-refractivity contribution < 1.29 is 36.9 Å². The molecule has 1 aliphatic rings. The third kappa shape index (κ3) is 6.45. The molecule has 0 spiro atoms. The summed E-state index contributed by atoms with van der Waals surface area (Å²) in [5.41, 5.74) is 6.05. The van der Waals surface area contributed by atoms with E-state index in [4.69, 9.17) is 29.4 Å². The van der Waals surface area contributed by atoms with Gasteiger partial charge in [-0.2, -0.15) is 0 Å². The molecular weight excluding hydrogens is 539 g/mol. The average molecular weight is 572 g/mol. The number of hydrogen-bond acceptors (Lipinski definition) is 8. The van der Waals surface area contributed by atoms with E-state index in [0.717, 1.165) is 6.08 Å². The third-order valence-electron chi connectivity index (χ3n) is 6.69. The number of nitrogens with zero attached hydrogens (tertiary/aromatic N) is 2. The smallest absolute Gasteiger partial charge is 0.295 e. The van der Waals surface area contributed by atoms with Crippen molar-refractivity contribution in [2.45, 2.75) is 32.0 Å². The van der Waals surface area contributed by atoms with Crippen molar-refractivity contribution in [1.29, 1.82) is 0 Å². The van der Waals surface area contributed by atoms with Gasteiger partial charge < -0.3 is 34.3 Å². The summed E-state index contributed by atoms with van der Waals surface area (Å²) in [6, 6.07) is 14.3. The summed E-state index contributed by atoms with van der Waals surface area (Å²) < 4.78 is 70.9. The fraction of sp³-hybridized carbons (Fsp3) is 0.300. The number of nitrogens with two attached hydrogens (primary N) is 1. The van der Waals surface area contributed by atoms with Crippen molar-refractivity contribution >= 4 is 11.7 Å². The second-order valence-corrected chi connectivity index (χ2v) is 9.44. The summed E-state index contributed by atoms with van der Waals surface area (Å²) in [6.07, 6.45) is -1.88. The lowest BCUT2D eigenvalue weighted by Gasteiger charge is -2.34. The Hall–Kier alpha value is -4.54. The van der Waals surface area contributed by atoms with Crippen LogP contribution < -0.4 is 24.7 Å². The molecule has 1 atom stereocenters. The first kappa shape index (κ1) is 29.4. The van der Waals surface area contributed by atoms with Crippen LogP contribution in [0.15, 0.2) is 71.4 Å². The highest BCUT2D eigenvalue weighted by molar-refractivity contribution is 5.77.